The van der Waals surface area contributed by atoms with Crippen LogP contribution in [-0.2, 0) is 27.8 Å². The smallest absolute Gasteiger partial charge is 0.312 e. The number of carbonyl (C=O) groups is 2. The van der Waals surface area contributed by atoms with E-state index in [0.29, 0.717) is 41.4 Å². The third-order valence-corrected chi connectivity index (χ3v) is 4.92. The second kappa shape index (κ2) is 7.90. The molecular formula is C20H25N3O4. The van der Waals surface area contributed by atoms with Gasteiger partial charge in [0.05, 0.1) is 17.5 Å². The Balaban J connectivity index is 1.65. The van der Waals surface area contributed by atoms with Gasteiger partial charge in [-0.15, -0.1) is 0 Å². The summed E-state index contributed by atoms with van der Waals surface area (Å²) in [7, 11) is 1.55. The normalized spacial score (nSPS) is 19.9. The van der Waals surface area contributed by atoms with E-state index in [2.05, 4.69) is 18.9 Å². The van der Waals surface area contributed by atoms with Gasteiger partial charge in [0, 0.05) is 25.5 Å². The third-order valence-electron chi connectivity index (χ3n) is 4.92. The molecule has 7 heteroatoms. The lowest BCUT2D eigenvalue weighted by Crippen LogP contribution is -2.44. The fraction of sp³-hybridized carbons (Fsp3) is 0.500. The first kappa shape index (κ1) is 19.1. The van der Waals surface area contributed by atoms with E-state index in [-0.39, 0.29) is 24.5 Å². The zero-order valence-electron chi connectivity index (χ0n) is 16.0. The van der Waals surface area contributed by atoms with Crippen LogP contribution in [0.5, 0.6) is 0 Å². The fourth-order valence-corrected chi connectivity index (χ4v) is 3.79. The van der Waals surface area contributed by atoms with Crippen molar-refractivity contribution in [3.05, 3.63) is 40.3 Å². The Morgan fingerprint density at radius 1 is 1.15 bits per heavy atom. The van der Waals surface area contributed by atoms with Gasteiger partial charge in [-0.2, -0.15) is 5.10 Å². The Morgan fingerprint density at radius 3 is 2.44 bits per heavy atom. The van der Waals surface area contributed by atoms with Crippen molar-refractivity contribution >= 4 is 22.6 Å². The Hall–Kier alpha value is -2.70. The summed E-state index contributed by atoms with van der Waals surface area (Å²) in [4.78, 5) is 38.5. The Morgan fingerprint density at radius 2 is 1.78 bits per heavy atom. The van der Waals surface area contributed by atoms with Gasteiger partial charge in [-0.3, -0.25) is 14.4 Å². The van der Waals surface area contributed by atoms with Crippen molar-refractivity contribution in [2.24, 2.45) is 18.9 Å². The molecule has 3 rings (SSSR count). The summed E-state index contributed by atoms with van der Waals surface area (Å²) in [6, 6.07) is 7.02. The number of fused-ring (bicyclic) bond motifs is 1. The highest BCUT2D eigenvalue weighted by molar-refractivity contribution is 5.87. The second-order valence-corrected chi connectivity index (χ2v) is 7.50. The molecule has 0 radical (unpaired) electrons. The molecule has 1 aliphatic heterocycles. The number of aryl methyl sites for hydroxylation is 1. The van der Waals surface area contributed by atoms with Crippen LogP contribution in [0.4, 0.5) is 0 Å². The monoisotopic (exact) mass is 371 g/mol. The number of piperidine rings is 1. The summed E-state index contributed by atoms with van der Waals surface area (Å²) >= 11 is 0. The van der Waals surface area contributed by atoms with Crippen molar-refractivity contribution in [2.75, 3.05) is 19.7 Å². The van der Waals surface area contributed by atoms with E-state index in [1.165, 1.54) is 4.68 Å². The first-order valence-electron chi connectivity index (χ1n) is 9.23. The van der Waals surface area contributed by atoms with Crippen molar-refractivity contribution in [2.45, 2.75) is 26.7 Å². The summed E-state index contributed by atoms with van der Waals surface area (Å²) in [5.41, 5.74) is 0.247. The molecule has 0 saturated carbocycles. The molecule has 1 aromatic heterocycles. The van der Waals surface area contributed by atoms with E-state index in [4.69, 9.17) is 4.74 Å². The van der Waals surface area contributed by atoms with Crippen molar-refractivity contribution in [1.82, 2.24) is 14.7 Å². The first-order chi connectivity index (χ1) is 12.8. The molecule has 144 valence electrons. The summed E-state index contributed by atoms with van der Waals surface area (Å²) in [6.45, 7) is 5.39. The molecule has 0 bridgehead atoms. The summed E-state index contributed by atoms with van der Waals surface area (Å²) < 4.78 is 6.41. The van der Waals surface area contributed by atoms with Gasteiger partial charge in [-0.25, -0.2) is 4.68 Å². The fourth-order valence-electron chi connectivity index (χ4n) is 3.79. The Bertz CT molecular complexity index is 911. The van der Waals surface area contributed by atoms with Gasteiger partial charge in [0.25, 0.3) is 11.5 Å². The molecule has 2 aromatic rings. The molecule has 2 unspecified atom stereocenters. The van der Waals surface area contributed by atoms with Gasteiger partial charge >= 0.3 is 5.97 Å². The average molecular weight is 371 g/mol. The predicted molar refractivity (Wildman–Crippen MR) is 101 cm³/mol. The van der Waals surface area contributed by atoms with E-state index in [0.717, 1.165) is 6.42 Å². The summed E-state index contributed by atoms with van der Waals surface area (Å²) in [5.74, 6) is 0.210. The van der Waals surface area contributed by atoms with Crippen LogP contribution in [0, 0.1) is 11.8 Å². The van der Waals surface area contributed by atoms with E-state index < -0.39 is 5.97 Å². The highest BCUT2D eigenvalue weighted by Gasteiger charge is 2.26. The Labute approximate surface area is 157 Å². The van der Waals surface area contributed by atoms with Crippen molar-refractivity contribution in [1.29, 1.82) is 0 Å². The van der Waals surface area contributed by atoms with Crippen LogP contribution in [0.15, 0.2) is 29.1 Å². The lowest BCUT2D eigenvalue weighted by molar-refractivity contribution is -0.152. The second-order valence-electron chi connectivity index (χ2n) is 7.50. The number of esters is 1. The average Bonchev–Trinajstić information content (AvgIpc) is 2.63. The minimum Gasteiger partial charge on any atom is -0.455 e. The van der Waals surface area contributed by atoms with Gasteiger partial charge in [0.15, 0.2) is 6.61 Å². The molecule has 7 nitrogen and oxygen atoms in total. The maximum absolute atomic E-state index is 12.3. The van der Waals surface area contributed by atoms with E-state index >= 15 is 0 Å². The minimum atomic E-state index is -0.530. The molecule has 2 atom stereocenters. The van der Waals surface area contributed by atoms with Gasteiger partial charge in [0.2, 0.25) is 0 Å². The maximum Gasteiger partial charge on any atom is 0.312 e. The number of aromatic nitrogens is 2. The van der Waals surface area contributed by atoms with Crippen molar-refractivity contribution in [3.8, 4) is 0 Å². The molecule has 1 aromatic carbocycles. The van der Waals surface area contributed by atoms with Gasteiger partial charge in [-0.05, 0) is 24.3 Å². The van der Waals surface area contributed by atoms with E-state index in [1.54, 1.807) is 36.2 Å². The zero-order valence-corrected chi connectivity index (χ0v) is 16.0. The van der Waals surface area contributed by atoms with Crippen LogP contribution in [0.25, 0.3) is 10.8 Å². The van der Waals surface area contributed by atoms with Crippen molar-refractivity contribution in [3.63, 3.8) is 0 Å². The van der Waals surface area contributed by atoms with Crippen LogP contribution in [0.1, 0.15) is 26.0 Å². The van der Waals surface area contributed by atoms with Gasteiger partial charge < -0.3 is 9.64 Å². The zero-order chi connectivity index (χ0) is 19.6. The molecule has 1 fully saturated rings. The van der Waals surface area contributed by atoms with Crippen LogP contribution in [0.2, 0.25) is 0 Å². The molecule has 1 saturated heterocycles. The standard InChI is InChI=1S/C20H25N3O4/c1-13-8-14(2)11-23(10-13)18(24)12-27-19(25)9-17-15-6-4-5-7-16(15)20(26)22(3)21-17/h4-7,13-14H,8-12H2,1-3H3. The highest BCUT2D eigenvalue weighted by atomic mass is 16.5. The number of benzene rings is 1. The number of ether oxygens (including phenoxy) is 1. The molecule has 0 aliphatic carbocycles. The number of hydrogen-bond acceptors (Lipinski definition) is 5. The summed E-state index contributed by atoms with van der Waals surface area (Å²) in [6.07, 6.45) is 1.02. The molecule has 1 aliphatic rings. The minimum absolute atomic E-state index is 0.0886. The Kier molecular flexibility index (Phi) is 5.58. The van der Waals surface area contributed by atoms with E-state index in [9.17, 15) is 14.4 Å². The molecule has 2 heterocycles. The number of carbonyl (C=O) groups excluding carboxylic acids is 2. The topological polar surface area (TPSA) is 81.5 Å². The molecule has 0 N–H and O–H groups in total. The maximum atomic E-state index is 12.3. The number of likely N-dealkylation sites (tertiary alicyclic amines) is 1. The van der Waals surface area contributed by atoms with Gasteiger partial charge in [0.1, 0.15) is 0 Å². The number of rotatable bonds is 4. The van der Waals surface area contributed by atoms with Crippen LogP contribution in [-0.4, -0.2) is 46.3 Å². The molecule has 27 heavy (non-hydrogen) atoms. The first-order valence-corrected chi connectivity index (χ1v) is 9.23. The third kappa shape index (κ3) is 4.35. The molecule has 1 amide bonds. The van der Waals surface area contributed by atoms with Crippen LogP contribution in [0.3, 0.4) is 0 Å². The quantitative estimate of drug-likeness (QED) is 0.761. The summed E-state index contributed by atoms with van der Waals surface area (Å²) in [5, 5.41) is 5.32. The molecular weight excluding hydrogens is 346 g/mol. The van der Waals surface area contributed by atoms with Crippen LogP contribution < -0.4 is 5.56 Å². The number of amides is 1. The van der Waals surface area contributed by atoms with Gasteiger partial charge in [-0.1, -0.05) is 32.0 Å². The predicted octanol–water partition coefficient (Wildman–Crippen LogP) is 1.52. The SMILES string of the molecule is CC1CC(C)CN(C(=O)COC(=O)Cc2nn(C)c(=O)c3ccccc23)C1. The van der Waals surface area contributed by atoms with E-state index in [1.807, 2.05) is 0 Å². The number of hydrogen-bond donors (Lipinski definition) is 0. The van der Waals surface area contributed by atoms with Crippen LogP contribution >= 0.6 is 0 Å². The molecule has 0 spiro atoms. The highest BCUT2D eigenvalue weighted by Crippen LogP contribution is 2.21. The lowest BCUT2D eigenvalue weighted by Gasteiger charge is -2.34. The lowest BCUT2D eigenvalue weighted by atomic mass is 9.92. The number of nitrogens with zero attached hydrogens (tertiary/aromatic N) is 3. The largest absolute Gasteiger partial charge is 0.455 e. The van der Waals surface area contributed by atoms with Crippen molar-refractivity contribution < 1.29 is 14.3 Å².